The van der Waals surface area contributed by atoms with Crippen LogP contribution in [0.25, 0.3) is 11.3 Å². The second kappa shape index (κ2) is 5.00. The molecule has 0 radical (unpaired) electrons. The van der Waals surface area contributed by atoms with Gasteiger partial charge in [0.05, 0.1) is 23.5 Å². The Hall–Kier alpha value is -1.52. The third kappa shape index (κ3) is 2.09. The minimum Gasteiger partial charge on any atom is -0.495 e. The van der Waals surface area contributed by atoms with Crippen molar-refractivity contribution < 1.29 is 4.74 Å². The maximum absolute atomic E-state index is 6.16. The Bertz CT molecular complexity index is 578. The largest absolute Gasteiger partial charge is 0.495 e. The number of halogens is 1. The van der Waals surface area contributed by atoms with Gasteiger partial charge in [0, 0.05) is 12.1 Å². The number of nitrogens with zero attached hydrogens (tertiary/aromatic N) is 1. The monoisotopic (exact) mass is 265 g/mol. The molecule has 0 spiro atoms. The quantitative estimate of drug-likeness (QED) is 0.897. The smallest absolute Gasteiger partial charge is 0.137 e. The highest BCUT2D eigenvalue weighted by Gasteiger charge is 2.14. The molecule has 0 amide bonds. The molecular weight excluding hydrogens is 250 g/mol. The van der Waals surface area contributed by atoms with Crippen LogP contribution in [-0.4, -0.2) is 17.3 Å². The van der Waals surface area contributed by atoms with Gasteiger partial charge in [-0.05, 0) is 37.1 Å². The summed E-state index contributed by atoms with van der Waals surface area (Å²) in [7, 11) is 1.60. The molecule has 2 rings (SSSR count). The number of benzene rings is 1. The Morgan fingerprint density at radius 3 is 2.67 bits per heavy atom. The minimum atomic E-state index is 0.446. The van der Waals surface area contributed by atoms with Crippen molar-refractivity contribution in [3.05, 3.63) is 34.0 Å². The topological polar surface area (TPSA) is 63.9 Å². The van der Waals surface area contributed by atoms with Crippen molar-refractivity contribution in [1.82, 2.24) is 10.2 Å². The number of H-pyrrole nitrogens is 1. The van der Waals surface area contributed by atoms with E-state index in [1.54, 1.807) is 7.11 Å². The molecule has 2 aromatic rings. The van der Waals surface area contributed by atoms with Crippen molar-refractivity contribution >= 4 is 11.6 Å². The first kappa shape index (κ1) is 12.9. The molecule has 18 heavy (non-hydrogen) atoms. The second-order valence-electron chi connectivity index (χ2n) is 4.18. The van der Waals surface area contributed by atoms with Crippen LogP contribution in [0.5, 0.6) is 5.75 Å². The van der Waals surface area contributed by atoms with E-state index in [0.29, 0.717) is 17.3 Å². The van der Waals surface area contributed by atoms with E-state index in [0.717, 1.165) is 28.1 Å². The molecule has 5 heteroatoms. The van der Waals surface area contributed by atoms with E-state index in [4.69, 9.17) is 22.1 Å². The standard InChI is InChI=1S/C13H16ClN3O/c1-7-4-12(18-3)10(14)5-9(7)13-8(2)11(6-15)16-17-13/h4-5H,6,15H2,1-3H3,(H,16,17). The Labute approximate surface area is 111 Å². The summed E-state index contributed by atoms with van der Waals surface area (Å²) < 4.78 is 5.19. The Kier molecular flexibility index (Phi) is 3.59. The summed E-state index contributed by atoms with van der Waals surface area (Å²) in [5.74, 6) is 0.671. The summed E-state index contributed by atoms with van der Waals surface area (Å²) >= 11 is 6.16. The first-order chi connectivity index (χ1) is 8.58. The van der Waals surface area contributed by atoms with Gasteiger partial charge in [0.25, 0.3) is 0 Å². The Morgan fingerprint density at radius 1 is 1.39 bits per heavy atom. The number of aromatic nitrogens is 2. The fourth-order valence-corrected chi connectivity index (χ4v) is 2.20. The van der Waals surface area contributed by atoms with Gasteiger partial charge >= 0.3 is 0 Å². The Morgan fingerprint density at radius 2 is 2.11 bits per heavy atom. The molecule has 0 saturated carbocycles. The normalized spacial score (nSPS) is 10.7. The Balaban J connectivity index is 2.57. The summed E-state index contributed by atoms with van der Waals surface area (Å²) in [6, 6.07) is 3.78. The van der Waals surface area contributed by atoms with E-state index < -0.39 is 0 Å². The summed E-state index contributed by atoms with van der Waals surface area (Å²) in [5.41, 5.74) is 10.6. The zero-order valence-corrected chi connectivity index (χ0v) is 11.4. The van der Waals surface area contributed by atoms with E-state index in [9.17, 15) is 0 Å². The summed E-state index contributed by atoms with van der Waals surface area (Å²) in [5, 5.41) is 7.84. The third-order valence-corrected chi connectivity index (χ3v) is 3.36. The highest BCUT2D eigenvalue weighted by Crippen LogP contribution is 2.34. The summed E-state index contributed by atoms with van der Waals surface area (Å²) in [6.45, 7) is 4.45. The van der Waals surface area contributed by atoms with Crippen molar-refractivity contribution in [1.29, 1.82) is 0 Å². The molecule has 0 saturated heterocycles. The average Bonchev–Trinajstić information content (AvgIpc) is 2.72. The molecule has 0 atom stereocenters. The number of aryl methyl sites for hydroxylation is 1. The molecule has 3 N–H and O–H groups in total. The van der Waals surface area contributed by atoms with Crippen molar-refractivity contribution in [2.24, 2.45) is 5.73 Å². The number of rotatable bonds is 3. The molecule has 1 aromatic carbocycles. The summed E-state index contributed by atoms with van der Waals surface area (Å²) in [4.78, 5) is 0. The van der Waals surface area contributed by atoms with Gasteiger partial charge in [-0.3, -0.25) is 5.10 Å². The zero-order valence-electron chi connectivity index (χ0n) is 10.7. The first-order valence-electron chi connectivity index (χ1n) is 5.67. The molecule has 0 fully saturated rings. The second-order valence-corrected chi connectivity index (χ2v) is 4.59. The molecule has 4 nitrogen and oxygen atoms in total. The fourth-order valence-electron chi connectivity index (χ4n) is 1.96. The maximum atomic E-state index is 6.16. The molecule has 0 aliphatic rings. The lowest BCUT2D eigenvalue weighted by Gasteiger charge is -2.09. The van der Waals surface area contributed by atoms with Gasteiger partial charge in [-0.2, -0.15) is 5.10 Å². The average molecular weight is 266 g/mol. The van der Waals surface area contributed by atoms with Crippen LogP contribution in [0.1, 0.15) is 16.8 Å². The minimum absolute atomic E-state index is 0.446. The molecule has 0 unspecified atom stereocenters. The number of nitrogens with two attached hydrogens (primary N) is 1. The van der Waals surface area contributed by atoms with Crippen LogP contribution in [-0.2, 0) is 6.54 Å². The molecule has 0 aliphatic carbocycles. The molecular formula is C13H16ClN3O. The molecule has 0 bridgehead atoms. The zero-order chi connectivity index (χ0) is 13.3. The van der Waals surface area contributed by atoms with Crippen LogP contribution < -0.4 is 10.5 Å². The van der Waals surface area contributed by atoms with E-state index in [2.05, 4.69) is 10.2 Å². The number of hydrogen-bond donors (Lipinski definition) is 2. The van der Waals surface area contributed by atoms with E-state index in [-0.39, 0.29) is 0 Å². The van der Waals surface area contributed by atoms with Gasteiger partial charge < -0.3 is 10.5 Å². The van der Waals surface area contributed by atoms with Crippen molar-refractivity contribution in [3.8, 4) is 17.0 Å². The number of nitrogens with one attached hydrogen (secondary N) is 1. The summed E-state index contributed by atoms with van der Waals surface area (Å²) in [6.07, 6.45) is 0. The lowest BCUT2D eigenvalue weighted by molar-refractivity contribution is 0.415. The predicted octanol–water partition coefficient (Wildman–Crippen LogP) is 2.81. The molecule has 0 aliphatic heterocycles. The van der Waals surface area contributed by atoms with Crippen molar-refractivity contribution in [2.45, 2.75) is 20.4 Å². The third-order valence-electron chi connectivity index (χ3n) is 3.07. The SMILES string of the molecule is COc1cc(C)c(-c2n[nH]c(CN)c2C)cc1Cl. The highest BCUT2D eigenvalue weighted by molar-refractivity contribution is 6.32. The molecule has 96 valence electrons. The van der Waals surface area contributed by atoms with Crippen LogP contribution in [0.3, 0.4) is 0 Å². The predicted molar refractivity (Wildman–Crippen MR) is 73.0 cm³/mol. The number of methoxy groups -OCH3 is 1. The van der Waals surface area contributed by atoms with Gasteiger partial charge in [-0.1, -0.05) is 11.6 Å². The van der Waals surface area contributed by atoms with Gasteiger partial charge in [0.2, 0.25) is 0 Å². The van der Waals surface area contributed by atoms with Gasteiger partial charge in [-0.25, -0.2) is 0 Å². The van der Waals surface area contributed by atoms with E-state index >= 15 is 0 Å². The maximum Gasteiger partial charge on any atom is 0.137 e. The van der Waals surface area contributed by atoms with Crippen LogP contribution in [0.2, 0.25) is 5.02 Å². The van der Waals surface area contributed by atoms with E-state index in [1.807, 2.05) is 26.0 Å². The van der Waals surface area contributed by atoms with Gasteiger partial charge in [0.1, 0.15) is 5.75 Å². The van der Waals surface area contributed by atoms with Crippen LogP contribution in [0.4, 0.5) is 0 Å². The molecule has 1 aromatic heterocycles. The first-order valence-corrected chi connectivity index (χ1v) is 6.04. The fraction of sp³-hybridized carbons (Fsp3) is 0.308. The van der Waals surface area contributed by atoms with Crippen LogP contribution in [0, 0.1) is 13.8 Å². The van der Waals surface area contributed by atoms with Crippen LogP contribution in [0.15, 0.2) is 12.1 Å². The van der Waals surface area contributed by atoms with Crippen molar-refractivity contribution in [2.75, 3.05) is 7.11 Å². The van der Waals surface area contributed by atoms with Gasteiger partial charge in [-0.15, -0.1) is 0 Å². The number of ether oxygens (including phenoxy) is 1. The lowest BCUT2D eigenvalue weighted by Crippen LogP contribution is -1.98. The molecule has 1 heterocycles. The highest BCUT2D eigenvalue weighted by atomic mass is 35.5. The lowest BCUT2D eigenvalue weighted by atomic mass is 10.0. The van der Waals surface area contributed by atoms with Crippen LogP contribution >= 0.6 is 11.6 Å². The van der Waals surface area contributed by atoms with Gasteiger partial charge in [0.15, 0.2) is 0 Å². The van der Waals surface area contributed by atoms with Crippen molar-refractivity contribution in [3.63, 3.8) is 0 Å². The number of aromatic amines is 1. The van der Waals surface area contributed by atoms with E-state index in [1.165, 1.54) is 0 Å². The number of hydrogen-bond acceptors (Lipinski definition) is 3.